The van der Waals surface area contributed by atoms with Gasteiger partial charge in [-0.05, 0) is 61.5 Å². The van der Waals surface area contributed by atoms with Gasteiger partial charge >= 0.3 is 0 Å². The predicted octanol–water partition coefficient (Wildman–Crippen LogP) is 5.19. The van der Waals surface area contributed by atoms with E-state index >= 15 is 0 Å². The summed E-state index contributed by atoms with van der Waals surface area (Å²) in [4.78, 5) is 20.6. The first-order valence-electron chi connectivity index (χ1n) is 11.8. The first kappa shape index (κ1) is 22.0. The summed E-state index contributed by atoms with van der Waals surface area (Å²) in [6.07, 6.45) is 9.42. The molecule has 0 amide bonds. The number of hydrogen-bond acceptors (Lipinski definition) is 6. The lowest BCUT2D eigenvalue weighted by atomic mass is 9.95. The van der Waals surface area contributed by atoms with E-state index in [4.69, 9.17) is 4.98 Å². The van der Waals surface area contributed by atoms with Crippen LogP contribution in [0, 0.1) is 0 Å². The highest BCUT2D eigenvalue weighted by Crippen LogP contribution is 2.38. The molecule has 4 heterocycles. The van der Waals surface area contributed by atoms with E-state index in [1.165, 1.54) is 11.1 Å². The highest BCUT2D eigenvalue weighted by molar-refractivity contribution is 5.71. The third-order valence-corrected chi connectivity index (χ3v) is 6.53. The van der Waals surface area contributed by atoms with Crippen molar-refractivity contribution in [2.24, 2.45) is 0 Å². The quantitative estimate of drug-likeness (QED) is 0.403. The minimum atomic E-state index is 0.0573. The molecule has 0 bridgehead atoms. The molecule has 6 nitrogen and oxygen atoms in total. The first-order chi connectivity index (χ1) is 16.7. The molecule has 4 aromatic rings. The van der Waals surface area contributed by atoms with Crippen LogP contribution < -0.4 is 9.80 Å². The predicted molar refractivity (Wildman–Crippen MR) is 138 cm³/mol. The zero-order chi connectivity index (χ0) is 23.3. The van der Waals surface area contributed by atoms with Gasteiger partial charge in [0.15, 0.2) is 0 Å². The van der Waals surface area contributed by atoms with Crippen LogP contribution in [0.3, 0.4) is 0 Å². The average Bonchev–Trinajstić information content (AvgIpc) is 2.91. The van der Waals surface area contributed by atoms with Crippen molar-refractivity contribution in [3.63, 3.8) is 0 Å². The van der Waals surface area contributed by atoms with Gasteiger partial charge in [-0.25, -0.2) is 4.98 Å². The molecule has 34 heavy (non-hydrogen) atoms. The van der Waals surface area contributed by atoms with E-state index in [1.807, 2.05) is 30.7 Å². The monoisotopic (exact) mass is 450 g/mol. The van der Waals surface area contributed by atoms with Gasteiger partial charge in [0.05, 0.1) is 29.8 Å². The van der Waals surface area contributed by atoms with Crippen LogP contribution in [0.25, 0.3) is 11.1 Å². The number of anilines is 3. The van der Waals surface area contributed by atoms with Crippen LogP contribution in [-0.4, -0.2) is 53.1 Å². The molecule has 0 aliphatic carbocycles. The van der Waals surface area contributed by atoms with Gasteiger partial charge in [-0.3, -0.25) is 9.97 Å². The maximum atomic E-state index is 4.84. The van der Waals surface area contributed by atoms with Gasteiger partial charge in [0.1, 0.15) is 5.82 Å². The molecule has 1 aliphatic heterocycles. The van der Waals surface area contributed by atoms with Crippen LogP contribution in [-0.2, 0) is 0 Å². The Bertz CT molecular complexity index is 1150. The van der Waals surface area contributed by atoms with Gasteiger partial charge in [-0.1, -0.05) is 24.3 Å². The zero-order valence-corrected chi connectivity index (χ0v) is 19.7. The summed E-state index contributed by atoms with van der Waals surface area (Å²) in [7, 11) is 2.17. The molecule has 5 rings (SSSR count). The molecule has 0 spiro atoms. The van der Waals surface area contributed by atoms with Gasteiger partial charge in [-0.15, -0.1) is 0 Å². The van der Waals surface area contributed by atoms with E-state index in [1.54, 1.807) is 12.4 Å². The molecule has 0 saturated carbocycles. The summed E-state index contributed by atoms with van der Waals surface area (Å²) < 4.78 is 0. The van der Waals surface area contributed by atoms with Gasteiger partial charge < -0.3 is 14.7 Å². The van der Waals surface area contributed by atoms with Gasteiger partial charge in [0.2, 0.25) is 0 Å². The molecule has 6 heteroatoms. The van der Waals surface area contributed by atoms with Crippen LogP contribution >= 0.6 is 0 Å². The Kier molecular flexibility index (Phi) is 6.49. The molecule has 1 aliphatic rings. The number of rotatable bonds is 6. The molecule has 1 saturated heterocycles. The molecule has 3 aromatic heterocycles. The van der Waals surface area contributed by atoms with Crippen LogP contribution in [0.15, 0.2) is 91.6 Å². The summed E-state index contributed by atoms with van der Waals surface area (Å²) in [6.45, 7) is 6.40. The fourth-order valence-corrected chi connectivity index (χ4v) is 4.62. The summed E-state index contributed by atoms with van der Waals surface area (Å²) in [5.74, 6) is 1.05. The Labute approximate surface area is 201 Å². The van der Waals surface area contributed by atoms with Gasteiger partial charge in [0, 0.05) is 50.3 Å². The maximum absolute atomic E-state index is 4.84. The van der Waals surface area contributed by atoms with Crippen molar-refractivity contribution in [2.45, 2.75) is 13.0 Å². The third kappa shape index (κ3) is 4.63. The fraction of sp³-hybridized carbons (Fsp3) is 0.250. The molecule has 1 aromatic carbocycles. The van der Waals surface area contributed by atoms with Crippen LogP contribution in [0.2, 0.25) is 0 Å². The lowest BCUT2D eigenvalue weighted by Gasteiger charge is -2.33. The van der Waals surface area contributed by atoms with Crippen LogP contribution in [0.5, 0.6) is 0 Å². The second kappa shape index (κ2) is 10.0. The molecule has 0 N–H and O–H groups in total. The number of nitrogens with zero attached hydrogens (tertiary/aromatic N) is 6. The van der Waals surface area contributed by atoms with E-state index < -0.39 is 0 Å². The molecular formula is C28H30N6. The largest absolute Gasteiger partial charge is 0.354 e. The number of likely N-dealkylation sites (N-methyl/N-ethyl adjacent to an activating group) is 1. The fourth-order valence-electron chi connectivity index (χ4n) is 4.62. The maximum Gasteiger partial charge on any atom is 0.128 e. The molecule has 1 fully saturated rings. The highest BCUT2D eigenvalue weighted by atomic mass is 15.3. The highest BCUT2D eigenvalue weighted by Gasteiger charge is 2.22. The molecule has 1 atom stereocenters. The Balaban J connectivity index is 1.48. The number of benzene rings is 1. The Morgan fingerprint density at radius 1 is 0.765 bits per heavy atom. The summed E-state index contributed by atoms with van der Waals surface area (Å²) >= 11 is 0. The van der Waals surface area contributed by atoms with Crippen LogP contribution in [0.4, 0.5) is 17.2 Å². The summed E-state index contributed by atoms with van der Waals surface area (Å²) in [5, 5.41) is 0. The molecule has 0 radical (unpaired) electrons. The molecule has 172 valence electrons. The number of hydrogen-bond donors (Lipinski definition) is 0. The summed E-state index contributed by atoms with van der Waals surface area (Å²) in [5.41, 5.74) is 5.59. The minimum Gasteiger partial charge on any atom is -0.354 e. The molecular weight excluding hydrogens is 420 g/mol. The lowest BCUT2D eigenvalue weighted by Crippen LogP contribution is -2.44. The first-order valence-corrected chi connectivity index (χ1v) is 11.8. The average molecular weight is 451 g/mol. The van der Waals surface area contributed by atoms with Crippen molar-refractivity contribution >= 4 is 17.2 Å². The topological polar surface area (TPSA) is 48.4 Å². The summed E-state index contributed by atoms with van der Waals surface area (Å²) in [6, 6.07) is 21.1. The SMILES string of the molecule is CC(c1ccccc1-c1ccc(N2CCN(C)CC2)nc1)N(c1cccnc1)c1cccnc1. The Morgan fingerprint density at radius 2 is 1.44 bits per heavy atom. The van der Waals surface area contributed by atoms with Crippen molar-refractivity contribution in [3.05, 3.63) is 97.2 Å². The number of aromatic nitrogens is 3. The third-order valence-electron chi connectivity index (χ3n) is 6.53. The van der Waals surface area contributed by atoms with Crippen molar-refractivity contribution in [3.8, 4) is 11.1 Å². The van der Waals surface area contributed by atoms with Gasteiger partial charge in [-0.2, -0.15) is 0 Å². The minimum absolute atomic E-state index is 0.0573. The standard InChI is InChI=1S/C28H30N6/c1-22(34(24-7-5-13-29-20-24)25-8-6-14-30-21-25)26-9-3-4-10-27(26)23-11-12-28(31-19-23)33-17-15-32(2)16-18-33/h3-14,19-22H,15-18H2,1-2H3. The van der Waals surface area contributed by atoms with Crippen molar-refractivity contribution in [1.29, 1.82) is 0 Å². The number of piperazine rings is 1. The van der Waals surface area contributed by atoms with E-state index in [9.17, 15) is 0 Å². The van der Waals surface area contributed by atoms with Crippen molar-refractivity contribution in [2.75, 3.05) is 43.0 Å². The second-order valence-electron chi connectivity index (χ2n) is 8.75. The van der Waals surface area contributed by atoms with Crippen molar-refractivity contribution in [1.82, 2.24) is 19.9 Å². The van der Waals surface area contributed by atoms with E-state index in [-0.39, 0.29) is 6.04 Å². The smallest absolute Gasteiger partial charge is 0.128 e. The van der Waals surface area contributed by atoms with E-state index in [0.717, 1.165) is 48.9 Å². The number of pyridine rings is 3. The van der Waals surface area contributed by atoms with Crippen LogP contribution in [0.1, 0.15) is 18.5 Å². The Hall–Kier alpha value is -3.77. The zero-order valence-electron chi connectivity index (χ0n) is 19.7. The Morgan fingerprint density at radius 3 is 2.03 bits per heavy atom. The van der Waals surface area contributed by atoms with Gasteiger partial charge in [0.25, 0.3) is 0 Å². The van der Waals surface area contributed by atoms with E-state index in [0.29, 0.717) is 0 Å². The normalized spacial score (nSPS) is 15.2. The second-order valence-corrected chi connectivity index (χ2v) is 8.75. The lowest BCUT2D eigenvalue weighted by molar-refractivity contribution is 0.312. The van der Waals surface area contributed by atoms with Crippen molar-refractivity contribution < 1.29 is 0 Å². The molecule has 1 unspecified atom stereocenters. The van der Waals surface area contributed by atoms with E-state index in [2.05, 4.69) is 87.2 Å².